The molecule has 0 bridgehead atoms. The average Bonchev–Trinajstić information content (AvgIpc) is 3.26. The summed E-state index contributed by atoms with van der Waals surface area (Å²) in [5.41, 5.74) is 0. The predicted molar refractivity (Wildman–Crippen MR) is 261 cm³/mol. The first-order valence-corrected chi connectivity index (χ1v) is 25.8. The lowest BCUT2D eigenvalue weighted by Gasteiger charge is -2.18. The molecular formula is C55H96O6. The topological polar surface area (TPSA) is 78.9 Å². The summed E-state index contributed by atoms with van der Waals surface area (Å²) in [5, 5.41) is 0. The second-order valence-electron chi connectivity index (χ2n) is 17.1. The van der Waals surface area contributed by atoms with Crippen molar-refractivity contribution in [2.45, 2.75) is 258 Å². The third-order valence-corrected chi connectivity index (χ3v) is 11.0. The van der Waals surface area contributed by atoms with Gasteiger partial charge in [-0.3, -0.25) is 14.4 Å². The molecule has 0 saturated carbocycles. The minimum absolute atomic E-state index is 0.0848. The van der Waals surface area contributed by atoms with Crippen molar-refractivity contribution in [3.05, 3.63) is 60.8 Å². The van der Waals surface area contributed by atoms with Crippen LogP contribution in [0.1, 0.15) is 252 Å². The molecule has 0 rings (SSSR count). The van der Waals surface area contributed by atoms with E-state index in [9.17, 15) is 14.4 Å². The smallest absolute Gasteiger partial charge is 0.306 e. The van der Waals surface area contributed by atoms with Crippen LogP contribution in [0.25, 0.3) is 0 Å². The van der Waals surface area contributed by atoms with E-state index in [1.165, 1.54) is 109 Å². The van der Waals surface area contributed by atoms with Crippen LogP contribution in [-0.4, -0.2) is 37.2 Å². The first-order valence-electron chi connectivity index (χ1n) is 25.8. The van der Waals surface area contributed by atoms with Crippen LogP contribution in [-0.2, 0) is 28.6 Å². The maximum Gasteiger partial charge on any atom is 0.306 e. The van der Waals surface area contributed by atoms with E-state index in [4.69, 9.17) is 14.2 Å². The Bertz CT molecular complexity index is 1120. The van der Waals surface area contributed by atoms with Crippen molar-refractivity contribution in [3.8, 4) is 0 Å². The van der Waals surface area contributed by atoms with E-state index in [2.05, 4.69) is 81.5 Å². The second-order valence-corrected chi connectivity index (χ2v) is 17.1. The van der Waals surface area contributed by atoms with E-state index in [0.29, 0.717) is 19.3 Å². The molecule has 6 nitrogen and oxygen atoms in total. The van der Waals surface area contributed by atoms with Crippen LogP contribution in [0.5, 0.6) is 0 Å². The molecule has 0 aromatic carbocycles. The zero-order valence-electron chi connectivity index (χ0n) is 40.2. The molecule has 0 radical (unpaired) electrons. The number of allylic oxidation sites excluding steroid dienone is 10. The lowest BCUT2D eigenvalue weighted by molar-refractivity contribution is -0.167. The van der Waals surface area contributed by atoms with Gasteiger partial charge in [0.1, 0.15) is 13.2 Å². The molecule has 0 unspecified atom stereocenters. The van der Waals surface area contributed by atoms with Crippen LogP contribution in [0.4, 0.5) is 0 Å². The summed E-state index contributed by atoms with van der Waals surface area (Å²) in [6.45, 7) is 6.49. The molecule has 0 aliphatic rings. The van der Waals surface area contributed by atoms with Crippen LogP contribution >= 0.6 is 0 Å². The number of unbranched alkanes of at least 4 members (excludes halogenated alkanes) is 25. The minimum Gasteiger partial charge on any atom is -0.462 e. The number of hydrogen-bond acceptors (Lipinski definition) is 6. The molecule has 0 aromatic rings. The van der Waals surface area contributed by atoms with Gasteiger partial charge in [0.15, 0.2) is 6.10 Å². The van der Waals surface area contributed by atoms with Crippen molar-refractivity contribution in [2.24, 2.45) is 0 Å². The van der Waals surface area contributed by atoms with Crippen molar-refractivity contribution >= 4 is 17.9 Å². The summed E-state index contributed by atoms with van der Waals surface area (Å²) in [7, 11) is 0. The van der Waals surface area contributed by atoms with Gasteiger partial charge >= 0.3 is 17.9 Å². The average molecular weight is 853 g/mol. The molecule has 0 heterocycles. The number of carbonyl (C=O) groups is 3. The Morgan fingerprint density at radius 1 is 0.344 bits per heavy atom. The van der Waals surface area contributed by atoms with Gasteiger partial charge in [-0.05, 0) is 83.5 Å². The Morgan fingerprint density at radius 2 is 0.639 bits per heavy atom. The summed E-state index contributed by atoms with van der Waals surface area (Å²) in [6, 6.07) is 0. The van der Waals surface area contributed by atoms with E-state index in [1.807, 2.05) is 0 Å². The molecule has 1 atom stereocenters. The highest BCUT2D eigenvalue weighted by atomic mass is 16.6. The SMILES string of the molecule is CC/C=C\C/C=C\C/C=C\C/C=C\CCCCCCC(=O)OC[C@H](COC(=O)CCCCCCC/C=C\CCCCCCCC)OC(=O)CCCCCCCCCCCCC. The molecule has 0 aliphatic carbocycles. The van der Waals surface area contributed by atoms with Crippen LogP contribution in [0.3, 0.4) is 0 Å². The highest BCUT2D eigenvalue weighted by Gasteiger charge is 2.19. The van der Waals surface area contributed by atoms with Crippen LogP contribution < -0.4 is 0 Å². The van der Waals surface area contributed by atoms with Gasteiger partial charge in [0, 0.05) is 19.3 Å². The first kappa shape index (κ1) is 58.1. The van der Waals surface area contributed by atoms with Gasteiger partial charge in [-0.15, -0.1) is 0 Å². The number of rotatable bonds is 46. The van der Waals surface area contributed by atoms with E-state index in [-0.39, 0.29) is 31.1 Å². The van der Waals surface area contributed by atoms with Gasteiger partial charge in [0.2, 0.25) is 0 Å². The van der Waals surface area contributed by atoms with E-state index >= 15 is 0 Å². The highest BCUT2D eigenvalue weighted by molar-refractivity contribution is 5.71. The predicted octanol–water partition coefficient (Wildman–Crippen LogP) is 16.9. The van der Waals surface area contributed by atoms with Gasteiger partial charge < -0.3 is 14.2 Å². The van der Waals surface area contributed by atoms with Crippen LogP contribution in [0.15, 0.2) is 60.8 Å². The standard InChI is InChI=1S/C55H96O6/c1-4-7-10-13-16-19-22-24-26-27-29-31-34-36-39-42-45-48-54(57)60-51-52(61-55(58)49-46-43-40-37-32-21-18-15-12-9-6-3)50-59-53(56)47-44-41-38-35-33-30-28-25-23-20-17-14-11-8-5-2/h7,10,16,19,24-26,28-29,31,52H,4-6,8-9,11-15,17-18,20-23,27,30,32-51H2,1-3H3/b10-7-,19-16-,26-24-,28-25-,31-29-/t52-/m0/s1. The third kappa shape index (κ3) is 48.0. The molecule has 0 aliphatic heterocycles. The normalized spacial score (nSPS) is 12.5. The Kier molecular flexibility index (Phi) is 47.4. The number of carbonyl (C=O) groups excluding carboxylic acids is 3. The summed E-state index contributed by atoms with van der Waals surface area (Å²) < 4.78 is 16.8. The molecule has 0 spiro atoms. The van der Waals surface area contributed by atoms with Gasteiger partial charge in [-0.2, -0.15) is 0 Å². The zero-order valence-corrected chi connectivity index (χ0v) is 40.2. The van der Waals surface area contributed by atoms with Gasteiger partial charge in [-0.25, -0.2) is 0 Å². The molecular weight excluding hydrogens is 757 g/mol. The van der Waals surface area contributed by atoms with Gasteiger partial charge in [0.05, 0.1) is 0 Å². The third-order valence-electron chi connectivity index (χ3n) is 11.0. The van der Waals surface area contributed by atoms with Gasteiger partial charge in [0.25, 0.3) is 0 Å². The zero-order chi connectivity index (χ0) is 44.4. The quantitative estimate of drug-likeness (QED) is 0.0263. The first-order chi connectivity index (χ1) is 30.0. The van der Waals surface area contributed by atoms with E-state index in [1.54, 1.807) is 0 Å². The van der Waals surface area contributed by atoms with Crippen molar-refractivity contribution in [2.75, 3.05) is 13.2 Å². The Hall–Kier alpha value is -2.89. The summed E-state index contributed by atoms with van der Waals surface area (Å²) in [6.07, 6.45) is 60.6. The lowest BCUT2D eigenvalue weighted by atomic mass is 10.1. The van der Waals surface area contributed by atoms with Crippen molar-refractivity contribution in [1.82, 2.24) is 0 Å². The Labute approximate surface area is 377 Å². The Balaban J connectivity index is 4.40. The fraction of sp³-hybridized carbons (Fsp3) is 0.764. The lowest BCUT2D eigenvalue weighted by Crippen LogP contribution is -2.30. The van der Waals surface area contributed by atoms with E-state index in [0.717, 1.165) is 103 Å². The number of ether oxygens (including phenoxy) is 3. The van der Waals surface area contributed by atoms with Crippen molar-refractivity contribution in [1.29, 1.82) is 0 Å². The largest absolute Gasteiger partial charge is 0.462 e. The molecule has 0 aromatic heterocycles. The second kappa shape index (κ2) is 49.8. The summed E-state index contributed by atoms with van der Waals surface area (Å²) in [5.74, 6) is -0.913. The number of hydrogen-bond donors (Lipinski definition) is 0. The fourth-order valence-electron chi connectivity index (χ4n) is 7.13. The minimum atomic E-state index is -0.784. The van der Waals surface area contributed by atoms with E-state index < -0.39 is 6.10 Å². The van der Waals surface area contributed by atoms with Crippen molar-refractivity contribution < 1.29 is 28.6 Å². The highest BCUT2D eigenvalue weighted by Crippen LogP contribution is 2.14. The monoisotopic (exact) mass is 853 g/mol. The molecule has 0 saturated heterocycles. The molecule has 0 amide bonds. The maximum atomic E-state index is 12.8. The molecule has 0 N–H and O–H groups in total. The summed E-state index contributed by atoms with van der Waals surface area (Å²) in [4.78, 5) is 37.9. The van der Waals surface area contributed by atoms with Crippen LogP contribution in [0, 0.1) is 0 Å². The fourth-order valence-corrected chi connectivity index (χ4v) is 7.13. The molecule has 6 heteroatoms. The summed E-state index contributed by atoms with van der Waals surface area (Å²) >= 11 is 0. The molecule has 61 heavy (non-hydrogen) atoms. The van der Waals surface area contributed by atoms with Crippen LogP contribution in [0.2, 0.25) is 0 Å². The molecule has 0 fully saturated rings. The maximum absolute atomic E-state index is 12.8. The number of esters is 3. The Morgan fingerprint density at radius 3 is 1.02 bits per heavy atom. The molecule has 352 valence electrons. The van der Waals surface area contributed by atoms with Crippen molar-refractivity contribution in [3.63, 3.8) is 0 Å². The van der Waals surface area contributed by atoms with Gasteiger partial charge in [-0.1, -0.05) is 210 Å².